The molecule has 4 rings (SSSR count). The molecule has 0 spiro atoms. The number of pyridine rings is 1. The summed E-state index contributed by atoms with van der Waals surface area (Å²) < 4.78 is 28.9. The minimum Gasteiger partial charge on any atom is -0.480 e. The average Bonchev–Trinajstić information content (AvgIpc) is 2.91. The van der Waals surface area contributed by atoms with Crippen molar-refractivity contribution in [3.63, 3.8) is 0 Å². The number of benzene rings is 1. The van der Waals surface area contributed by atoms with Gasteiger partial charge in [-0.05, 0) is 68.7 Å². The molecule has 1 aliphatic rings. The molecule has 1 aromatic carbocycles. The van der Waals surface area contributed by atoms with Gasteiger partial charge in [0.25, 0.3) is 0 Å². The van der Waals surface area contributed by atoms with Crippen LogP contribution in [-0.4, -0.2) is 39.4 Å². The van der Waals surface area contributed by atoms with E-state index in [1.165, 1.54) is 4.57 Å². The predicted molar refractivity (Wildman–Crippen MR) is 125 cm³/mol. The third-order valence-electron chi connectivity index (χ3n) is 6.82. The summed E-state index contributed by atoms with van der Waals surface area (Å²) in [6, 6.07) is 10.2. The van der Waals surface area contributed by atoms with Crippen molar-refractivity contribution < 1.29 is 18.3 Å². The van der Waals surface area contributed by atoms with Crippen LogP contribution >= 0.6 is 0 Å². The quantitative estimate of drug-likeness (QED) is 0.552. The fourth-order valence-corrected chi connectivity index (χ4v) is 6.68. The number of carboxylic acids is 1. The minimum atomic E-state index is -3.41. The normalized spacial score (nSPS) is 21.7. The highest BCUT2D eigenvalue weighted by molar-refractivity contribution is 7.91. The zero-order valence-electron chi connectivity index (χ0n) is 18.8. The van der Waals surface area contributed by atoms with E-state index in [1.807, 2.05) is 19.1 Å². The molecule has 1 saturated carbocycles. The lowest BCUT2D eigenvalue weighted by Gasteiger charge is -2.21. The van der Waals surface area contributed by atoms with Crippen LogP contribution in [0.1, 0.15) is 44.2 Å². The molecule has 176 valence electrons. The van der Waals surface area contributed by atoms with Crippen LogP contribution < -0.4 is 5.69 Å². The molecule has 33 heavy (non-hydrogen) atoms. The van der Waals surface area contributed by atoms with E-state index in [4.69, 9.17) is 0 Å². The van der Waals surface area contributed by atoms with Gasteiger partial charge in [-0.1, -0.05) is 24.6 Å². The first-order valence-corrected chi connectivity index (χ1v) is 12.9. The van der Waals surface area contributed by atoms with Crippen molar-refractivity contribution in [2.45, 2.75) is 57.0 Å². The maximum absolute atomic E-state index is 13.2. The lowest BCUT2D eigenvalue weighted by atomic mass is 9.91. The van der Waals surface area contributed by atoms with E-state index in [9.17, 15) is 23.1 Å². The number of aliphatic carboxylic acids is 1. The lowest BCUT2D eigenvalue weighted by Crippen LogP contribution is -2.29. The molecule has 2 aromatic heterocycles. The molecular formula is C24H29N3O5S. The number of carboxylic acid groups (broad SMARTS) is 1. The van der Waals surface area contributed by atoms with Crippen LogP contribution in [0, 0.1) is 18.8 Å². The number of sulfone groups is 1. The molecule has 0 amide bonds. The molecule has 3 atom stereocenters. The van der Waals surface area contributed by atoms with Crippen molar-refractivity contribution in [2.24, 2.45) is 11.8 Å². The fraction of sp³-hybridized carbons (Fsp3) is 0.458. The van der Waals surface area contributed by atoms with E-state index in [-0.39, 0.29) is 29.3 Å². The Morgan fingerprint density at radius 1 is 1.12 bits per heavy atom. The summed E-state index contributed by atoms with van der Waals surface area (Å²) in [4.78, 5) is 29.2. The topological polar surface area (TPSA) is 111 Å². The van der Waals surface area contributed by atoms with Crippen LogP contribution in [0.15, 0.2) is 52.3 Å². The highest BCUT2D eigenvalue weighted by Crippen LogP contribution is 2.36. The van der Waals surface area contributed by atoms with Crippen molar-refractivity contribution in [1.82, 2.24) is 14.1 Å². The molecule has 3 unspecified atom stereocenters. The Kier molecular flexibility index (Phi) is 6.43. The number of hydrogen-bond acceptors (Lipinski definition) is 5. The maximum atomic E-state index is 13.2. The van der Waals surface area contributed by atoms with E-state index in [2.05, 4.69) is 11.9 Å². The SMILES string of the molecule is Cc1ccc(S(=O)(=O)CC2CCC(n3c(=O)n(CC(=O)O)c4cccnc43)CCC2C)cc1. The number of rotatable bonds is 6. The van der Waals surface area contributed by atoms with Gasteiger partial charge in [-0.25, -0.2) is 18.2 Å². The lowest BCUT2D eigenvalue weighted by molar-refractivity contribution is -0.137. The van der Waals surface area contributed by atoms with Crippen LogP contribution in [-0.2, 0) is 21.2 Å². The second-order valence-corrected chi connectivity index (χ2v) is 11.2. The van der Waals surface area contributed by atoms with Gasteiger partial charge in [0.05, 0.1) is 16.2 Å². The molecule has 8 nitrogen and oxygen atoms in total. The second-order valence-electron chi connectivity index (χ2n) is 9.12. The summed E-state index contributed by atoms with van der Waals surface area (Å²) >= 11 is 0. The third kappa shape index (κ3) is 4.73. The third-order valence-corrected chi connectivity index (χ3v) is 8.68. The van der Waals surface area contributed by atoms with E-state index in [0.717, 1.165) is 12.0 Å². The van der Waals surface area contributed by atoms with Crippen LogP contribution in [0.2, 0.25) is 0 Å². The predicted octanol–water partition coefficient (Wildman–Crippen LogP) is 3.43. The fourth-order valence-electron chi connectivity index (χ4n) is 4.88. The first kappa shape index (κ1) is 23.2. The zero-order valence-corrected chi connectivity index (χ0v) is 19.7. The number of fused-ring (bicyclic) bond motifs is 1. The van der Waals surface area contributed by atoms with Gasteiger partial charge in [0, 0.05) is 12.2 Å². The Labute approximate surface area is 192 Å². The Hall–Kier alpha value is -2.94. The summed E-state index contributed by atoms with van der Waals surface area (Å²) in [5, 5.41) is 9.26. The second kappa shape index (κ2) is 9.13. The van der Waals surface area contributed by atoms with Gasteiger partial charge in [-0.15, -0.1) is 0 Å². The van der Waals surface area contributed by atoms with Crippen molar-refractivity contribution in [3.05, 3.63) is 58.6 Å². The van der Waals surface area contributed by atoms with E-state index < -0.39 is 22.4 Å². The maximum Gasteiger partial charge on any atom is 0.331 e. The molecule has 0 aliphatic heterocycles. The van der Waals surface area contributed by atoms with E-state index in [1.54, 1.807) is 35.0 Å². The van der Waals surface area contributed by atoms with E-state index in [0.29, 0.717) is 35.3 Å². The van der Waals surface area contributed by atoms with Crippen LogP contribution in [0.4, 0.5) is 0 Å². The Balaban J connectivity index is 1.60. The number of hydrogen-bond donors (Lipinski definition) is 1. The standard InChI is InChI=1S/C24H29N3O5S/c1-16-5-11-20(12-6-16)33(31,32)15-18-8-10-19(9-7-17(18)2)27-23-21(4-3-13-25-23)26(24(27)30)14-22(28)29/h3-6,11-13,17-19H,7-10,14-15H2,1-2H3,(H,28,29). The Morgan fingerprint density at radius 3 is 2.52 bits per heavy atom. The van der Waals surface area contributed by atoms with Gasteiger partial charge in [0.2, 0.25) is 0 Å². The number of carbonyl (C=O) groups is 1. The first-order valence-electron chi connectivity index (χ1n) is 11.2. The monoisotopic (exact) mass is 471 g/mol. The molecule has 1 fully saturated rings. The Morgan fingerprint density at radius 2 is 1.82 bits per heavy atom. The van der Waals surface area contributed by atoms with Crippen molar-refractivity contribution in [1.29, 1.82) is 0 Å². The van der Waals surface area contributed by atoms with Gasteiger partial charge in [0.15, 0.2) is 15.5 Å². The molecule has 3 aromatic rings. The summed E-state index contributed by atoms with van der Waals surface area (Å²) in [5.74, 6) is -0.836. The highest BCUT2D eigenvalue weighted by atomic mass is 32.2. The van der Waals surface area contributed by atoms with Gasteiger partial charge in [-0.2, -0.15) is 0 Å². The average molecular weight is 472 g/mol. The van der Waals surface area contributed by atoms with Crippen LogP contribution in [0.5, 0.6) is 0 Å². The number of imidazole rings is 1. The zero-order chi connectivity index (χ0) is 23.8. The summed E-state index contributed by atoms with van der Waals surface area (Å²) in [6.45, 7) is 3.58. The number of aromatic nitrogens is 3. The molecular weight excluding hydrogens is 442 g/mol. The molecule has 0 radical (unpaired) electrons. The van der Waals surface area contributed by atoms with Crippen LogP contribution in [0.3, 0.4) is 0 Å². The van der Waals surface area contributed by atoms with Crippen molar-refractivity contribution in [3.8, 4) is 0 Å². The van der Waals surface area contributed by atoms with Crippen molar-refractivity contribution >= 4 is 27.0 Å². The van der Waals surface area contributed by atoms with Crippen LogP contribution in [0.25, 0.3) is 11.2 Å². The molecule has 1 N–H and O–H groups in total. The molecule has 0 saturated heterocycles. The minimum absolute atomic E-state index is 0.0164. The molecule has 9 heteroatoms. The van der Waals surface area contributed by atoms with Gasteiger partial charge >= 0.3 is 11.7 Å². The molecule has 1 aliphatic carbocycles. The summed E-state index contributed by atoms with van der Waals surface area (Å²) in [6.07, 6.45) is 4.40. The smallest absolute Gasteiger partial charge is 0.331 e. The Bertz CT molecular complexity index is 1320. The summed E-state index contributed by atoms with van der Waals surface area (Å²) in [5.41, 5.74) is 1.61. The van der Waals surface area contributed by atoms with Gasteiger partial charge in [0.1, 0.15) is 6.54 Å². The number of aryl methyl sites for hydroxylation is 1. The van der Waals surface area contributed by atoms with Gasteiger partial charge in [-0.3, -0.25) is 13.9 Å². The van der Waals surface area contributed by atoms with E-state index >= 15 is 0 Å². The molecule has 2 heterocycles. The summed E-state index contributed by atoms with van der Waals surface area (Å²) in [7, 11) is -3.41. The first-order chi connectivity index (χ1) is 15.7. The largest absolute Gasteiger partial charge is 0.480 e. The number of nitrogens with zero attached hydrogens (tertiary/aromatic N) is 3. The highest BCUT2D eigenvalue weighted by Gasteiger charge is 2.31. The molecule has 0 bridgehead atoms. The van der Waals surface area contributed by atoms with Crippen molar-refractivity contribution in [2.75, 3.05) is 5.75 Å². The van der Waals surface area contributed by atoms with Gasteiger partial charge < -0.3 is 5.11 Å².